The molecular formula is C15H13BrCl2FN. The molecule has 0 amide bonds. The van der Waals surface area contributed by atoms with Gasteiger partial charge in [0, 0.05) is 17.1 Å². The highest BCUT2D eigenvalue weighted by Gasteiger charge is 2.12. The summed E-state index contributed by atoms with van der Waals surface area (Å²) in [5.74, 6) is -0.251. The summed E-state index contributed by atoms with van der Waals surface area (Å²) in [4.78, 5) is 0. The highest BCUT2D eigenvalue weighted by atomic mass is 79.9. The van der Waals surface area contributed by atoms with Gasteiger partial charge in [-0.05, 0) is 42.3 Å². The van der Waals surface area contributed by atoms with Crippen molar-refractivity contribution in [3.05, 3.63) is 67.9 Å². The Morgan fingerprint density at radius 1 is 1.25 bits per heavy atom. The van der Waals surface area contributed by atoms with Crippen LogP contribution in [-0.2, 0) is 6.54 Å². The standard InChI is InChI=1S/C15H13BrCl2FN/c1-9(12-3-2-4-14(17)15(12)18)20-8-10-7-11(19)5-6-13(10)16/h2-7,9,20H,8H2,1H3. The van der Waals surface area contributed by atoms with E-state index >= 15 is 0 Å². The molecule has 0 saturated heterocycles. The highest BCUT2D eigenvalue weighted by Crippen LogP contribution is 2.30. The van der Waals surface area contributed by atoms with Crippen LogP contribution in [0.5, 0.6) is 0 Å². The summed E-state index contributed by atoms with van der Waals surface area (Å²) >= 11 is 15.6. The van der Waals surface area contributed by atoms with Crippen molar-refractivity contribution in [1.29, 1.82) is 0 Å². The fraction of sp³-hybridized carbons (Fsp3) is 0.200. The van der Waals surface area contributed by atoms with Gasteiger partial charge in [0.1, 0.15) is 5.82 Å². The Morgan fingerprint density at radius 2 is 2.00 bits per heavy atom. The number of halogens is 4. The minimum absolute atomic E-state index is 0.0105. The van der Waals surface area contributed by atoms with Crippen molar-refractivity contribution in [2.24, 2.45) is 0 Å². The Kier molecular flexibility index (Phi) is 5.44. The van der Waals surface area contributed by atoms with Gasteiger partial charge in [0.05, 0.1) is 10.0 Å². The molecule has 0 aromatic heterocycles. The topological polar surface area (TPSA) is 12.0 Å². The summed E-state index contributed by atoms with van der Waals surface area (Å²) in [6.07, 6.45) is 0. The zero-order valence-electron chi connectivity index (χ0n) is 10.8. The summed E-state index contributed by atoms with van der Waals surface area (Å²) in [6.45, 7) is 2.52. The van der Waals surface area contributed by atoms with Gasteiger partial charge in [-0.2, -0.15) is 0 Å². The third-order valence-corrected chi connectivity index (χ3v) is 4.66. The third kappa shape index (κ3) is 3.73. The molecule has 0 radical (unpaired) electrons. The van der Waals surface area contributed by atoms with Crippen molar-refractivity contribution in [2.75, 3.05) is 0 Å². The Hall–Kier alpha value is -0.610. The molecule has 0 aliphatic rings. The molecule has 0 aliphatic carbocycles. The van der Waals surface area contributed by atoms with Crippen LogP contribution >= 0.6 is 39.1 Å². The fourth-order valence-electron chi connectivity index (χ4n) is 1.91. The van der Waals surface area contributed by atoms with Crippen LogP contribution in [-0.4, -0.2) is 0 Å². The Labute approximate surface area is 136 Å². The molecule has 1 nitrogen and oxygen atoms in total. The molecule has 2 aromatic carbocycles. The number of rotatable bonds is 4. The fourth-order valence-corrected chi connectivity index (χ4v) is 2.76. The van der Waals surface area contributed by atoms with Gasteiger partial charge in [-0.25, -0.2) is 4.39 Å². The van der Waals surface area contributed by atoms with E-state index in [1.54, 1.807) is 12.1 Å². The monoisotopic (exact) mass is 375 g/mol. The lowest BCUT2D eigenvalue weighted by Gasteiger charge is -2.17. The van der Waals surface area contributed by atoms with E-state index in [9.17, 15) is 4.39 Å². The van der Waals surface area contributed by atoms with E-state index in [0.717, 1.165) is 15.6 Å². The van der Waals surface area contributed by atoms with Crippen LogP contribution in [0.25, 0.3) is 0 Å². The van der Waals surface area contributed by atoms with E-state index in [1.807, 2.05) is 19.1 Å². The van der Waals surface area contributed by atoms with E-state index in [0.29, 0.717) is 16.6 Å². The van der Waals surface area contributed by atoms with E-state index in [4.69, 9.17) is 23.2 Å². The van der Waals surface area contributed by atoms with Crippen molar-refractivity contribution < 1.29 is 4.39 Å². The van der Waals surface area contributed by atoms with Crippen LogP contribution in [0.3, 0.4) is 0 Å². The minimum atomic E-state index is -0.251. The van der Waals surface area contributed by atoms with E-state index < -0.39 is 0 Å². The van der Waals surface area contributed by atoms with E-state index in [1.165, 1.54) is 12.1 Å². The summed E-state index contributed by atoms with van der Waals surface area (Å²) < 4.78 is 14.1. The van der Waals surface area contributed by atoms with E-state index in [2.05, 4.69) is 21.2 Å². The molecule has 0 aliphatic heterocycles. The summed E-state index contributed by atoms with van der Waals surface area (Å²) in [6, 6.07) is 10.2. The van der Waals surface area contributed by atoms with Gasteiger partial charge in [-0.1, -0.05) is 51.3 Å². The molecule has 2 aromatic rings. The molecule has 0 spiro atoms. The largest absolute Gasteiger partial charge is 0.306 e. The minimum Gasteiger partial charge on any atom is -0.306 e. The predicted octanol–water partition coefficient (Wildman–Crippen LogP) is 5.75. The van der Waals surface area contributed by atoms with Gasteiger partial charge in [-0.15, -0.1) is 0 Å². The van der Waals surface area contributed by atoms with Crippen molar-refractivity contribution in [1.82, 2.24) is 5.32 Å². The maximum atomic E-state index is 13.2. The molecular weight excluding hydrogens is 364 g/mol. The van der Waals surface area contributed by atoms with Gasteiger partial charge < -0.3 is 5.32 Å². The van der Waals surface area contributed by atoms with Crippen LogP contribution in [0, 0.1) is 5.82 Å². The second-order valence-corrected chi connectivity index (χ2v) is 6.12. The maximum absolute atomic E-state index is 13.2. The van der Waals surface area contributed by atoms with Crippen molar-refractivity contribution in [3.8, 4) is 0 Å². The Bertz CT molecular complexity index is 619. The molecule has 0 heterocycles. The SMILES string of the molecule is CC(NCc1cc(F)ccc1Br)c1cccc(Cl)c1Cl. The van der Waals surface area contributed by atoms with Crippen LogP contribution in [0.4, 0.5) is 4.39 Å². The molecule has 2 rings (SSSR count). The lowest BCUT2D eigenvalue weighted by molar-refractivity contribution is 0.568. The van der Waals surface area contributed by atoms with Gasteiger partial charge in [0.15, 0.2) is 0 Å². The second kappa shape index (κ2) is 6.90. The van der Waals surface area contributed by atoms with Gasteiger partial charge in [0.25, 0.3) is 0 Å². The lowest BCUT2D eigenvalue weighted by Crippen LogP contribution is -2.18. The summed E-state index contributed by atoms with van der Waals surface area (Å²) in [7, 11) is 0. The van der Waals surface area contributed by atoms with Gasteiger partial charge >= 0.3 is 0 Å². The van der Waals surface area contributed by atoms with Crippen molar-refractivity contribution in [2.45, 2.75) is 19.5 Å². The number of benzene rings is 2. The molecule has 0 bridgehead atoms. The predicted molar refractivity (Wildman–Crippen MR) is 85.8 cm³/mol. The smallest absolute Gasteiger partial charge is 0.123 e. The Morgan fingerprint density at radius 3 is 2.75 bits per heavy atom. The van der Waals surface area contributed by atoms with Crippen molar-refractivity contribution >= 4 is 39.1 Å². The molecule has 1 unspecified atom stereocenters. The zero-order valence-corrected chi connectivity index (χ0v) is 13.9. The van der Waals surface area contributed by atoms with Gasteiger partial charge in [-0.3, -0.25) is 0 Å². The molecule has 1 atom stereocenters. The number of hydrogen-bond donors (Lipinski definition) is 1. The zero-order chi connectivity index (χ0) is 14.7. The maximum Gasteiger partial charge on any atom is 0.123 e. The first-order valence-electron chi connectivity index (χ1n) is 6.10. The third-order valence-electron chi connectivity index (χ3n) is 3.05. The first-order valence-corrected chi connectivity index (χ1v) is 7.65. The highest BCUT2D eigenvalue weighted by molar-refractivity contribution is 9.10. The lowest BCUT2D eigenvalue weighted by atomic mass is 10.1. The number of hydrogen-bond acceptors (Lipinski definition) is 1. The van der Waals surface area contributed by atoms with Gasteiger partial charge in [0.2, 0.25) is 0 Å². The normalized spacial score (nSPS) is 12.4. The molecule has 20 heavy (non-hydrogen) atoms. The van der Waals surface area contributed by atoms with E-state index in [-0.39, 0.29) is 11.9 Å². The summed E-state index contributed by atoms with van der Waals surface area (Å²) in [5, 5.41) is 4.39. The number of nitrogens with one attached hydrogen (secondary N) is 1. The molecule has 0 saturated carbocycles. The first kappa shape index (κ1) is 15.8. The van der Waals surface area contributed by atoms with Crippen LogP contribution in [0.1, 0.15) is 24.1 Å². The molecule has 0 fully saturated rings. The molecule has 5 heteroatoms. The average molecular weight is 377 g/mol. The van der Waals surface area contributed by atoms with Crippen LogP contribution in [0.15, 0.2) is 40.9 Å². The summed E-state index contributed by atoms with van der Waals surface area (Å²) in [5.41, 5.74) is 1.78. The average Bonchev–Trinajstić information content (AvgIpc) is 2.42. The first-order chi connectivity index (χ1) is 9.49. The Balaban J connectivity index is 2.10. The van der Waals surface area contributed by atoms with Crippen LogP contribution in [0.2, 0.25) is 10.0 Å². The molecule has 1 N–H and O–H groups in total. The van der Waals surface area contributed by atoms with Crippen LogP contribution < -0.4 is 5.32 Å². The molecule has 106 valence electrons. The quantitative estimate of drug-likeness (QED) is 0.716. The van der Waals surface area contributed by atoms with Crippen molar-refractivity contribution in [3.63, 3.8) is 0 Å². The second-order valence-electron chi connectivity index (χ2n) is 4.48.